The monoisotopic (exact) mass is 207 g/mol. The van der Waals surface area contributed by atoms with E-state index in [4.69, 9.17) is 10.5 Å². The number of ether oxygens (including phenoxy) is 1. The van der Waals surface area contributed by atoms with Gasteiger partial charge in [0, 0.05) is 5.54 Å². The van der Waals surface area contributed by atoms with Crippen molar-refractivity contribution >= 4 is 0 Å². The summed E-state index contributed by atoms with van der Waals surface area (Å²) in [6, 6.07) is 3.85. The maximum atomic E-state index is 9.68. The van der Waals surface area contributed by atoms with Crippen molar-refractivity contribution in [2.24, 2.45) is 5.73 Å². The molecule has 15 heavy (non-hydrogen) atoms. The number of aromatic hydroxyl groups is 1. The molecule has 0 atom stereocenters. The van der Waals surface area contributed by atoms with Crippen LogP contribution in [0.3, 0.4) is 0 Å². The van der Waals surface area contributed by atoms with E-state index >= 15 is 0 Å². The quantitative estimate of drug-likeness (QED) is 0.793. The Morgan fingerprint density at radius 3 is 2.67 bits per heavy atom. The standard InChI is InChI=1S/C12H17NO2/c1-8-5-9(7-12(13)3-4-12)6-10(15-2)11(8)14/h5-6,14H,3-4,7,13H2,1-2H3. The molecule has 0 aromatic heterocycles. The van der Waals surface area contributed by atoms with E-state index in [1.807, 2.05) is 19.1 Å². The van der Waals surface area contributed by atoms with E-state index in [1.165, 1.54) is 0 Å². The van der Waals surface area contributed by atoms with Crippen molar-refractivity contribution in [3.63, 3.8) is 0 Å². The molecule has 0 saturated heterocycles. The van der Waals surface area contributed by atoms with E-state index < -0.39 is 0 Å². The minimum atomic E-state index is -0.00553. The second-order valence-electron chi connectivity index (χ2n) is 4.50. The van der Waals surface area contributed by atoms with Gasteiger partial charge in [-0.25, -0.2) is 0 Å². The lowest BCUT2D eigenvalue weighted by Crippen LogP contribution is -2.24. The highest BCUT2D eigenvalue weighted by atomic mass is 16.5. The number of nitrogens with two attached hydrogens (primary N) is 1. The Morgan fingerprint density at radius 2 is 2.13 bits per heavy atom. The Kier molecular flexibility index (Phi) is 2.35. The van der Waals surface area contributed by atoms with Crippen molar-refractivity contribution in [1.29, 1.82) is 0 Å². The Morgan fingerprint density at radius 1 is 1.47 bits per heavy atom. The first-order valence-corrected chi connectivity index (χ1v) is 5.19. The minimum absolute atomic E-state index is 0.00553. The van der Waals surface area contributed by atoms with Gasteiger partial charge in [0.05, 0.1) is 7.11 Å². The highest BCUT2D eigenvalue weighted by Gasteiger charge is 2.38. The first kappa shape index (κ1) is 10.3. The van der Waals surface area contributed by atoms with Crippen molar-refractivity contribution in [2.45, 2.75) is 31.7 Å². The minimum Gasteiger partial charge on any atom is -0.504 e. The van der Waals surface area contributed by atoms with Gasteiger partial charge >= 0.3 is 0 Å². The molecular formula is C12H17NO2. The van der Waals surface area contributed by atoms with Gasteiger partial charge < -0.3 is 15.6 Å². The molecule has 0 bridgehead atoms. The third-order valence-corrected chi connectivity index (χ3v) is 2.99. The summed E-state index contributed by atoms with van der Waals surface area (Å²) >= 11 is 0. The molecular weight excluding hydrogens is 190 g/mol. The first-order chi connectivity index (χ1) is 7.04. The fraction of sp³-hybridized carbons (Fsp3) is 0.500. The fourth-order valence-corrected chi connectivity index (χ4v) is 1.82. The molecule has 0 aliphatic heterocycles. The van der Waals surface area contributed by atoms with E-state index in [0.29, 0.717) is 5.75 Å². The molecule has 2 rings (SSSR count). The maximum Gasteiger partial charge on any atom is 0.161 e. The summed E-state index contributed by atoms with van der Waals surface area (Å²) in [4.78, 5) is 0. The lowest BCUT2D eigenvalue weighted by atomic mass is 10.0. The number of methoxy groups -OCH3 is 1. The lowest BCUT2D eigenvalue weighted by molar-refractivity contribution is 0.371. The van der Waals surface area contributed by atoms with Crippen LogP contribution in [0.25, 0.3) is 0 Å². The van der Waals surface area contributed by atoms with Gasteiger partial charge in [-0.1, -0.05) is 6.07 Å². The summed E-state index contributed by atoms with van der Waals surface area (Å²) in [7, 11) is 1.56. The summed E-state index contributed by atoms with van der Waals surface area (Å²) in [5.41, 5.74) is 8.03. The summed E-state index contributed by atoms with van der Waals surface area (Å²) in [5.74, 6) is 0.761. The molecule has 0 amide bonds. The number of hydrogen-bond donors (Lipinski definition) is 2. The topological polar surface area (TPSA) is 55.5 Å². The van der Waals surface area contributed by atoms with Crippen LogP contribution in [0.4, 0.5) is 0 Å². The first-order valence-electron chi connectivity index (χ1n) is 5.19. The van der Waals surface area contributed by atoms with Crippen molar-refractivity contribution in [3.8, 4) is 11.5 Å². The van der Waals surface area contributed by atoms with E-state index in [2.05, 4.69) is 0 Å². The maximum absolute atomic E-state index is 9.68. The number of benzene rings is 1. The van der Waals surface area contributed by atoms with Crippen molar-refractivity contribution in [1.82, 2.24) is 0 Å². The van der Waals surface area contributed by atoms with E-state index in [9.17, 15) is 5.11 Å². The van der Waals surface area contributed by atoms with E-state index in [-0.39, 0.29) is 11.3 Å². The van der Waals surface area contributed by atoms with Gasteiger partial charge in [0.2, 0.25) is 0 Å². The molecule has 1 aromatic rings. The molecule has 3 heteroatoms. The van der Waals surface area contributed by atoms with Crippen LogP contribution in [0.1, 0.15) is 24.0 Å². The van der Waals surface area contributed by atoms with Gasteiger partial charge in [-0.05, 0) is 43.4 Å². The summed E-state index contributed by atoms with van der Waals surface area (Å²) < 4.78 is 5.11. The zero-order valence-electron chi connectivity index (χ0n) is 9.21. The summed E-state index contributed by atoms with van der Waals surface area (Å²) in [5, 5.41) is 9.68. The van der Waals surface area contributed by atoms with Gasteiger partial charge in [-0.2, -0.15) is 0 Å². The van der Waals surface area contributed by atoms with Crippen LogP contribution in [-0.4, -0.2) is 17.8 Å². The molecule has 3 nitrogen and oxygen atoms in total. The number of hydrogen-bond acceptors (Lipinski definition) is 3. The Hall–Kier alpha value is -1.22. The van der Waals surface area contributed by atoms with Gasteiger partial charge in [-0.15, -0.1) is 0 Å². The zero-order chi connectivity index (χ0) is 11.1. The van der Waals surface area contributed by atoms with Gasteiger partial charge in [0.15, 0.2) is 11.5 Å². The molecule has 82 valence electrons. The molecule has 1 aromatic carbocycles. The van der Waals surface area contributed by atoms with Crippen molar-refractivity contribution in [3.05, 3.63) is 23.3 Å². The van der Waals surface area contributed by atoms with Gasteiger partial charge in [-0.3, -0.25) is 0 Å². The molecule has 1 aliphatic rings. The van der Waals surface area contributed by atoms with Crippen molar-refractivity contribution in [2.75, 3.05) is 7.11 Å². The molecule has 0 radical (unpaired) electrons. The molecule has 1 fully saturated rings. The average molecular weight is 207 g/mol. The van der Waals surface area contributed by atoms with Crippen LogP contribution in [0, 0.1) is 6.92 Å². The van der Waals surface area contributed by atoms with E-state index in [0.717, 1.165) is 30.4 Å². The van der Waals surface area contributed by atoms with Crippen LogP contribution < -0.4 is 10.5 Å². The number of rotatable bonds is 3. The Labute approximate surface area is 89.9 Å². The molecule has 1 aliphatic carbocycles. The van der Waals surface area contributed by atoms with Crippen molar-refractivity contribution < 1.29 is 9.84 Å². The number of aryl methyl sites for hydroxylation is 1. The SMILES string of the molecule is COc1cc(CC2(N)CC2)cc(C)c1O. The Balaban J connectivity index is 2.28. The highest BCUT2D eigenvalue weighted by molar-refractivity contribution is 5.48. The molecule has 0 unspecified atom stereocenters. The van der Waals surface area contributed by atoms with Gasteiger partial charge in [0.1, 0.15) is 0 Å². The molecule has 0 spiro atoms. The predicted octanol–water partition coefficient (Wildman–Crippen LogP) is 1.74. The summed E-state index contributed by atoms with van der Waals surface area (Å²) in [6.45, 7) is 1.87. The zero-order valence-corrected chi connectivity index (χ0v) is 9.21. The summed E-state index contributed by atoms with van der Waals surface area (Å²) in [6.07, 6.45) is 3.05. The lowest BCUT2D eigenvalue weighted by Gasteiger charge is -2.12. The van der Waals surface area contributed by atoms with Crippen LogP contribution in [0.5, 0.6) is 11.5 Å². The van der Waals surface area contributed by atoms with Gasteiger partial charge in [0.25, 0.3) is 0 Å². The van der Waals surface area contributed by atoms with Crippen LogP contribution in [0.15, 0.2) is 12.1 Å². The number of phenols is 1. The molecule has 3 N–H and O–H groups in total. The normalized spacial score (nSPS) is 17.5. The smallest absolute Gasteiger partial charge is 0.161 e. The largest absolute Gasteiger partial charge is 0.504 e. The second kappa shape index (κ2) is 3.42. The van der Waals surface area contributed by atoms with Crippen LogP contribution in [-0.2, 0) is 6.42 Å². The Bertz CT molecular complexity index is 383. The fourth-order valence-electron chi connectivity index (χ4n) is 1.82. The van der Waals surface area contributed by atoms with Crippen LogP contribution in [0.2, 0.25) is 0 Å². The van der Waals surface area contributed by atoms with E-state index in [1.54, 1.807) is 7.11 Å². The third-order valence-electron chi connectivity index (χ3n) is 2.99. The third kappa shape index (κ3) is 2.07. The van der Waals surface area contributed by atoms with Crippen LogP contribution >= 0.6 is 0 Å². The average Bonchev–Trinajstić information content (AvgIpc) is 2.89. The second-order valence-corrected chi connectivity index (χ2v) is 4.50. The molecule has 1 saturated carbocycles. The molecule has 0 heterocycles. The predicted molar refractivity (Wildman–Crippen MR) is 59.3 cm³/mol. The highest BCUT2D eigenvalue weighted by Crippen LogP contribution is 2.38. The number of phenolic OH excluding ortho intramolecular Hbond substituents is 1.